The molecule has 1 heterocycles. The van der Waals surface area contributed by atoms with Crippen LogP contribution in [-0.2, 0) is 0 Å². The Kier molecular flexibility index (Phi) is 3.19. The van der Waals surface area contributed by atoms with Crippen molar-refractivity contribution in [1.82, 2.24) is 0 Å². The molecule has 0 fully saturated rings. The van der Waals surface area contributed by atoms with Gasteiger partial charge in [-0.1, -0.05) is 35.0 Å². The summed E-state index contributed by atoms with van der Waals surface area (Å²) in [7, 11) is 0. The number of aromatic nitrogens is 1. The van der Waals surface area contributed by atoms with E-state index >= 15 is 0 Å². The third-order valence-corrected chi connectivity index (χ3v) is 2.71. The van der Waals surface area contributed by atoms with Gasteiger partial charge in [0.1, 0.15) is 0 Å². The van der Waals surface area contributed by atoms with Crippen LogP contribution in [0.1, 0.15) is 16.8 Å². The molecule has 0 spiro atoms. The van der Waals surface area contributed by atoms with E-state index in [4.69, 9.17) is 0 Å². The number of nitrogens with zero attached hydrogens (tertiary/aromatic N) is 2. The molecule has 0 radical (unpaired) electrons. The molecule has 86 valence electrons. The molecule has 0 saturated heterocycles. The summed E-state index contributed by atoms with van der Waals surface area (Å²) in [6, 6.07) is 12.9. The lowest BCUT2D eigenvalue weighted by molar-refractivity contribution is -0.687. The zero-order valence-corrected chi connectivity index (χ0v) is 9.92. The lowest BCUT2D eigenvalue weighted by Crippen LogP contribution is -2.36. The van der Waals surface area contributed by atoms with E-state index in [2.05, 4.69) is 5.10 Å². The number of rotatable bonds is 2. The van der Waals surface area contributed by atoms with Crippen molar-refractivity contribution in [1.29, 1.82) is 0 Å². The number of benzene rings is 1. The maximum Gasteiger partial charge on any atom is 0.214 e. The van der Waals surface area contributed by atoms with Crippen LogP contribution in [0.5, 0.6) is 0 Å². The van der Waals surface area contributed by atoms with Gasteiger partial charge in [-0.25, -0.2) is 0 Å². The van der Waals surface area contributed by atoms with Gasteiger partial charge >= 0.3 is 0 Å². The van der Waals surface area contributed by atoms with Crippen LogP contribution in [0.4, 0.5) is 0 Å². The molecule has 0 aliphatic rings. The van der Waals surface area contributed by atoms with Crippen molar-refractivity contribution in [2.45, 2.75) is 13.8 Å². The van der Waals surface area contributed by atoms with Gasteiger partial charge in [0, 0.05) is 18.6 Å². The Labute approximate surface area is 101 Å². The van der Waals surface area contributed by atoms with Crippen molar-refractivity contribution in [2.24, 2.45) is 5.10 Å². The molecule has 3 heteroatoms. The van der Waals surface area contributed by atoms with Crippen molar-refractivity contribution in [3.8, 4) is 0 Å². The molecule has 17 heavy (non-hydrogen) atoms. The van der Waals surface area contributed by atoms with Gasteiger partial charge in [0.05, 0.1) is 5.90 Å². The molecule has 3 nitrogen and oxygen atoms in total. The third kappa shape index (κ3) is 2.50. The first-order valence-electron chi connectivity index (χ1n) is 5.48. The lowest BCUT2D eigenvalue weighted by atomic mass is 10.2. The maximum atomic E-state index is 11.9. The summed E-state index contributed by atoms with van der Waals surface area (Å²) in [4.78, 5) is 0. The molecule has 0 unspecified atom stereocenters. The van der Waals surface area contributed by atoms with Crippen molar-refractivity contribution in [3.63, 3.8) is 0 Å². The van der Waals surface area contributed by atoms with Crippen LogP contribution in [0.2, 0.25) is 0 Å². The Hall–Kier alpha value is -2.16. The van der Waals surface area contributed by atoms with Crippen molar-refractivity contribution < 1.29 is 9.78 Å². The van der Waals surface area contributed by atoms with Gasteiger partial charge in [0.25, 0.3) is 0 Å². The van der Waals surface area contributed by atoms with Gasteiger partial charge in [-0.3, -0.25) is 0 Å². The van der Waals surface area contributed by atoms with Crippen LogP contribution in [0.15, 0.2) is 53.8 Å². The van der Waals surface area contributed by atoms with Crippen LogP contribution < -0.4 is 9.78 Å². The quantitative estimate of drug-likeness (QED) is 0.430. The van der Waals surface area contributed by atoms with Gasteiger partial charge in [0.15, 0.2) is 0 Å². The molecule has 0 bridgehead atoms. The number of aryl methyl sites for hydroxylation is 1. The van der Waals surface area contributed by atoms with Gasteiger partial charge in [0.2, 0.25) is 11.9 Å². The van der Waals surface area contributed by atoms with E-state index in [1.165, 1.54) is 0 Å². The molecule has 0 aliphatic carbocycles. The van der Waals surface area contributed by atoms with Crippen molar-refractivity contribution in [2.75, 3.05) is 0 Å². The van der Waals surface area contributed by atoms with Crippen LogP contribution in [0.25, 0.3) is 0 Å². The smallest absolute Gasteiger partial charge is 0.214 e. The number of hydrogen-bond donors (Lipinski definition) is 0. The Morgan fingerprint density at radius 1 is 1.06 bits per heavy atom. The van der Waals surface area contributed by atoms with Crippen molar-refractivity contribution in [3.05, 3.63) is 65.5 Å². The molecule has 1 aromatic carbocycles. The fourth-order valence-corrected chi connectivity index (χ4v) is 1.53. The van der Waals surface area contributed by atoms with Gasteiger partial charge in [-0.05, 0) is 23.7 Å². The highest BCUT2D eigenvalue weighted by Crippen LogP contribution is 2.00. The van der Waals surface area contributed by atoms with Crippen LogP contribution in [0.3, 0.4) is 0 Å². The Morgan fingerprint density at radius 2 is 1.76 bits per heavy atom. The molecule has 0 atom stereocenters. The van der Waals surface area contributed by atoms with E-state index in [9.17, 15) is 5.11 Å². The van der Waals surface area contributed by atoms with E-state index in [1.807, 2.05) is 44.2 Å². The first-order valence-corrected chi connectivity index (χ1v) is 5.48. The minimum atomic E-state index is -0.232. The van der Waals surface area contributed by atoms with Crippen LogP contribution in [-0.4, -0.2) is 5.90 Å². The average Bonchev–Trinajstić information content (AvgIpc) is 2.36. The minimum absolute atomic E-state index is 0.232. The number of hydrogen-bond acceptors (Lipinski definition) is 2. The number of pyridine rings is 1. The van der Waals surface area contributed by atoms with Gasteiger partial charge in [-0.2, -0.15) is 0 Å². The van der Waals surface area contributed by atoms with E-state index in [-0.39, 0.29) is 5.90 Å². The molecule has 2 rings (SSSR count). The average molecular weight is 226 g/mol. The fourth-order valence-electron chi connectivity index (χ4n) is 1.53. The largest absolute Gasteiger partial charge is 0.854 e. The maximum absolute atomic E-state index is 11.9. The molecule has 0 aliphatic heterocycles. The van der Waals surface area contributed by atoms with E-state index < -0.39 is 0 Å². The monoisotopic (exact) mass is 226 g/mol. The first kappa shape index (κ1) is 11.3. The second-order valence-electron chi connectivity index (χ2n) is 3.89. The second kappa shape index (κ2) is 4.78. The predicted molar refractivity (Wildman–Crippen MR) is 64.5 cm³/mol. The second-order valence-corrected chi connectivity index (χ2v) is 3.89. The van der Waals surface area contributed by atoms with E-state index in [1.54, 1.807) is 23.0 Å². The molecular formula is C14H14N2O. The SMILES string of the molecule is Cc1ccc[n+](/N=C(\[O-])c2ccccc2)c1C. The highest BCUT2D eigenvalue weighted by atomic mass is 16.3. The molecule has 1 aromatic heterocycles. The summed E-state index contributed by atoms with van der Waals surface area (Å²) in [5.41, 5.74) is 2.68. The fraction of sp³-hybridized carbons (Fsp3) is 0.143. The van der Waals surface area contributed by atoms with Crippen molar-refractivity contribution >= 4 is 5.90 Å². The van der Waals surface area contributed by atoms with Crippen LogP contribution in [0, 0.1) is 13.8 Å². The standard InChI is InChI=1S/C14H14N2O/c1-11-7-6-10-16(12(11)2)15-14(17)13-8-4-3-5-9-13/h3-10H,1-2H3. The lowest BCUT2D eigenvalue weighted by Gasteiger charge is -2.06. The predicted octanol–water partition coefficient (Wildman–Crippen LogP) is 1.16. The van der Waals surface area contributed by atoms with E-state index in [0.717, 1.165) is 11.3 Å². The molecule has 0 amide bonds. The normalized spacial score (nSPS) is 11.5. The summed E-state index contributed by atoms with van der Waals surface area (Å²) < 4.78 is 1.62. The molecule has 0 N–H and O–H groups in total. The molecule has 2 aromatic rings. The van der Waals surface area contributed by atoms with E-state index in [0.29, 0.717) is 5.56 Å². The topological polar surface area (TPSA) is 39.3 Å². The Balaban J connectivity index is 2.40. The summed E-state index contributed by atoms with van der Waals surface area (Å²) >= 11 is 0. The Bertz CT molecular complexity index is 547. The summed E-state index contributed by atoms with van der Waals surface area (Å²) in [6.45, 7) is 3.94. The minimum Gasteiger partial charge on any atom is -0.854 e. The molecule has 0 saturated carbocycles. The van der Waals surface area contributed by atoms with Gasteiger partial charge < -0.3 is 5.11 Å². The first-order chi connectivity index (χ1) is 8.18. The third-order valence-electron chi connectivity index (χ3n) is 2.71. The zero-order valence-electron chi connectivity index (χ0n) is 9.92. The van der Waals surface area contributed by atoms with Crippen LogP contribution >= 0.6 is 0 Å². The Morgan fingerprint density at radius 3 is 2.47 bits per heavy atom. The summed E-state index contributed by atoms with van der Waals surface area (Å²) in [5.74, 6) is -0.232. The zero-order chi connectivity index (χ0) is 12.3. The molecular weight excluding hydrogens is 212 g/mol. The van der Waals surface area contributed by atoms with Gasteiger partial charge in [-0.15, -0.1) is 0 Å². The highest BCUT2D eigenvalue weighted by Gasteiger charge is 2.07. The summed E-state index contributed by atoms with van der Waals surface area (Å²) in [6.07, 6.45) is 1.78. The highest BCUT2D eigenvalue weighted by molar-refractivity contribution is 5.89. The summed E-state index contributed by atoms with van der Waals surface area (Å²) in [5, 5.41) is 16.0.